The predicted molar refractivity (Wildman–Crippen MR) is 156 cm³/mol. The van der Waals surface area contributed by atoms with Gasteiger partial charge in [-0.15, -0.1) is 0 Å². The molecule has 1 fully saturated rings. The van der Waals surface area contributed by atoms with Gasteiger partial charge in [0.2, 0.25) is 0 Å². The number of hydrogen-bond donors (Lipinski definition) is 0. The molecule has 2 aromatic rings. The van der Waals surface area contributed by atoms with Crippen molar-refractivity contribution in [1.29, 1.82) is 0 Å². The third-order valence-corrected chi connectivity index (χ3v) is 8.55. The molecule has 0 N–H and O–H groups in total. The molecule has 1 aliphatic rings. The average Bonchev–Trinajstić information content (AvgIpc) is 2.91. The van der Waals surface area contributed by atoms with Gasteiger partial charge in [-0.1, -0.05) is 146 Å². The Bertz CT molecular complexity index is 761. The summed E-state index contributed by atoms with van der Waals surface area (Å²) in [6, 6.07) is 18.9. The quantitative estimate of drug-likeness (QED) is 0.200. The molecule has 0 bridgehead atoms. The van der Waals surface area contributed by atoms with Gasteiger partial charge in [-0.05, 0) is 72.6 Å². The molecule has 0 aliphatic heterocycles. The van der Waals surface area contributed by atoms with Crippen molar-refractivity contribution in [2.75, 3.05) is 0 Å². The molecule has 35 heavy (non-hydrogen) atoms. The highest BCUT2D eigenvalue weighted by molar-refractivity contribution is 5.64. The van der Waals surface area contributed by atoms with Crippen molar-refractivity contribution < 1.29 is 0 Å². The van der Waals surface area contributed by atoms with Crippen LogP contribution in [0.25, 0.3) is 11.1 Å². The zero-order chi connectivity index (χ0) is 24.6. The highest BCUT2D eigenvalue weighted by Crippen LogP contribution is 2.38. The monoisotopic (exact) mass is 474 g/mol. The number of hydrogen-bond acceptors (Lipinski definition) is 0. The Labute approximate surface area is 218 Å². The molecule has 3 rings (SSSR count). The van der Waals surface area contributed by atoms with Crippen LogP contribution in [0.2, 0.25) is 0 Å². The SMILES string of the molecule is CCCCCCCCCCc1ccc(-c2ccc(C3CCC(CCCCCCC)CC3)cc2)cc1. The molecule has 0 saturated heterocycles. The first-order chi connectivity index (χ1) is 17.3. The molecule has 0 atom stereocenters. The van der Waals surface area contributed by atoms with E-state index < -0.39 is 0 Å². The van der Waals surface area contributed by atoms with E-state index in [0.717, 1.165) is 11.8 Å². The molecular formula is C35H54. The van der Waals surface area contributed by atoms with Crippen LogP contribution in [-0.2, 0) is 6.42 Å². The van der Waals surface area contributed by atoms with E-state index in [4.69, 9.17) is 0 Å². The van der Waals surface area contributed by atoms with Crippen LogP contribution in [0.1, 0.15) is 146 Å². The third-order valence-electron chi connectivity index (χ3n) is 8.55. The van der Waals surface area contributed by atoms with Crippen molar-refractivity contribution in [1.82, 2.24) is 0 Å². The van der Waals surface area contributed by atoms with Gasteiger partial charge < -0.3 is 0 Å². The summed E-state index contributed by atoms with van der Waals surface area (Å²) in [5, 5.41) is 0. The summed E-state index contributed by atoms with van der Waals surface area (Å²) in [5.41, 5.74) is 5.80. The minimum absolute atomic E-state index is 0.786. The van der Waals surface area contributed by atoms with Crippen LogP contribution in [-0.4, -0.2) is 0 Å². The van der Waals surface area contributed by atoms with Gasteiger partial charge in [-0.3, -0.25) is 0 Å². The Morgan fingerprint density at radius 3 is 1.57 bits per heavy atom. The van der Waals surface area contributed by atoms with Gasteiger partial charge in [0.15, 0.2) is 0 Å². The van der Waals surface area contributed by atoms with Crippen molar-refractivity contribution in [3.63, 3.8) is 0 Å². The van der Waals surface area contributed by atoms with Crippen LogP contribution in [0.5, 0.6) is 0 Å². The predicted octanol–water partition coefficient (Wildman–Crippen LogP) is 11.7. The number of unbranched alkanes of at least 4 members (excludes halogenated alkanes) is 11. The van der Waals surface area contributed by atoms with Crippen molar-refractivity contribution in [3.8, 4) is 11.1 Å². The molecule has 2 aromatic carbocycles. The maximum Gasteiger partial charge on any atom is -0.0162 e. The molecule has 1 aliphatic carbocycles. The van der Waals surface area contributed by atoms with Gasteiger partial charge in [0, 0.05) is 0 Å². The van der Waals surface area contributed by atoms with Gasteiger partial charge in [-0.25, -0.2) is 0 Å². The van der Waals surface area contributed by atoms with Crippen molar-refractivity contribution in [2.24, 2.45) is 5.92 Å². The fraction of sp³-hybridized carbons (Fsp3) is 0.657. The van der Waals surface area contributed by atoms with Gasteiger partial charge >= 0.3 is 0 Å². The molecule has 0 heterocycles. The van der Waals surface area contributed by atoms with Crippen LogP contribution in [0, 0.1) is 5.92 Å². The fourth-order valence-electron chi connectivity index (χ4n) is 6.10. The first kappa shape index (κ1) is 28.0. The molecule has 0 radical (unpaired) electrons. The van der Waals surface area contributed by atoms with Gasteiger partial charge in [0.1, 0.15) is 0 Å². The molecule has 0 nitrogen and oxygen atoms in total. The molecule has 0 amide bonds. The number of rotatable bonds is 17. The average molecular weight is 475 g/mol. The van der Waals surface area contributed by atoms with Crippen LogP contribution >= 0.6 is 0 Å². The van der Waals surface area contributed by atoms with E-state index >= 15 is 0 Å². The van der Waals surface area contributed by atoms with E-state index in [-0.39, 0.29) is 0 Å². The lowest BCUT2D eigenvalue weighted by molar-refractivity contribution is 0.302. The van der Waals surface area contributed by atoms with E-state index in [1.54, 1.807) is 5.56 Å². The van der Waals surface area contributed by atoms with Crippen LogP contribution in [0.4, 0.5) is 0 Å². The lowest BCUT2D eigenvalue weighted by atomic mass is 9.77. The first-order valence-corrected chi connectivity index (χ1v) is 15.5. The van der Waals surface area contributed by atoms with E-state index in [0.29, 0.717) is 0 Å². The summed E-state index contributed by atoms with van der Waals surface area (Å²) in [6.45, 7) is 4.60. The summed E-state index contributed by atoms with van der Waals surface area (Å²) >= 11 is 0. The van der Waals surface area contributed by atoms with E-state index in [1.807, 2.05) is 0 Å². The first-order valence-electron chi connectivity index (χ1n) is 15.5. The van der Waals surface area contributed by atoms with Crippen molar-refractivity contribution in [3.05, 3.63) is 59.7 Å². The van der Waals surface area contributed by atoms with Gasteiger partial charge in [0.25, 0.3) is 0 Å². The summed E-state index contributed by atoms with van der Waals surface area (Å²) in [4.78, 5) is 0. The van der Waals surface area contributed by atoms with Crippen molar-refractivity contribution >= 4 is 0 Å². The highest BCUT2D eigenvalue weighted by Gasteiger charge is 2.22. The normalized spacial score (nSPS) is 18.1. The molecule has 0 aromatic heterocycles. The molecule has 194 valence electrons. The van der Waals surface area contributed by atoms with Gasteiger partial charge in [-0.2, -0.15) is 0 Å². The zero-order valence-corrected chi connectivity index (χ0v) is 23.2. The molecule has 1 saturated carbocycles. The van der Waals surface area contributed by atoms with Gasteiger partial charge in [0.05, 0.1) is 0 Å². The lowest BCUT2D eigenvalue weighted by Crippen LogP contribution is -2.13. The Hall–Kier alpha value is -1.56. The number of benzene rings is 2. The molecule has 0 spiro atoms. The Morgan fingerprint density at radius 1 is 0.514 bits per heavy atom. The van der Waals surface area contributed by atoms with Crippen LogP contribution < -0.4 is 0 Å². The highest BCUT2D eigenvalue weighted by atomic mass is 14.3. The standard InChI is InChI=1S/C35H54/c1-3-5-7-9-10-11-13-15-17-31-20-24-33(25-21-31)35-28-26-34(27-29-35)32-22-18-30(19-23-32)16-14-12-8-6-4-2/h20-21,24-30,32H,3-19,22-23H2,1-2H3. The second-order valence-corrected chi connectivity index (χ2v) is 11.5. The molecule has 0 unspecified atom stereocenters. The molecule has 0 heteroatoms. The number of aryl methyl sites for hydroxylation is 1. The minimum Gasteiger partial charge on any atom is -0.0654 e. The Morgan fingerprint density at radius 2 is 1.00 bits per heavy atom. The van der Waals surface area contributed by atoms with E-state index in [9.17, 15) is 0 Å². The second-order valence-electron chi connectivity index (χ2n) is 11.5. The molecular weight excluding hydrogens is 420 g/mol. The summed E-state index contributed by atoms with van der Waals surface area (Å²) in [6.07, 6.45) is 26.7. The maximum atomic E-state index is 2.42. The van der Waals surface area contributed by atoms with Crippen LogP contribution in [0.3, 0.4) is 0 Å². The smallest absolute Gasteiger partial charge is 0.0162 e. The summed E-state index contributed by atoms with van der Waals surface area (Å²) < 4.78 is 0. The zero-order valence-electron chi connectivity index (χ0n) is 23.2. The van der Waals surface area contributed by atoms with E-state index in [2.05, 4.69) is 62.4 Å². The van der Waals surface area contributed by atoms with E-state index in [1.165, 1.54) is 139 Å². The second kappa shape index (κ2) is 17.0. The minimum atomic E-state index is 0.786. The Balaban J connectivity index is 1.35. The van der Waals surface area contributed by atoms with Crippen LogP contribution in [0.15, 0.2) is 48.5 Å². The Kier molecular flexibility index (Phi) is 13.6. The van der Waals surface area contributed by atoms with Crippen molar-refractivity contribution in [2.45, 2.75) is 142 Å². The lowest BCUT2D eigenvalue weighted by Gasteiger charge is -2.29. The fourth-order valence-corrected chi connectivity index (χ4v) is 6.10. The third kappa shape index (κ3) is 10.5. The topological polar surface area (TPSA) is 0 Å². The summed E-state index contributed by atoms with van der Waals surface area (Å²) in [7, 11) is 0. The largest absolute Gasteiger partial charge is 0.0654 e. The summed E-state index contributed by atoms with van der Waals surface area (Å²) in [5.74, 6) is 1.78. The maximum absolute atomic E-state index is 2.42.